The maximum Gasteiger partial charge on any atom is 0.412 e. The van der Waals surface area contributed by atoms with Crippen molar-refractivity contribution in [3.63, 3.8) is 0 Å². The number of nitrogens with zero attached hydrogens (tertiary/aromatic N) is 2. The van der Waals surface area contributed by atoms with Gasteiger partial charge in [0.15, 0.2) is 5.02 Å². The molecule has 23 heavy (non-hydrogen) atoms. The van der Waals surface area contributed by atoms with E-state index in [4.69, 9.17) is 21.4 Å². The molecule has 0 bridgehead atoms. The molecule has 0 aliphatic rings. The molecule has 11 heteroatoms. The summed E-state index contributed by atoms with van der Waals surface area (Å²) in [5.41, 5.74) is -1.52. The topological polar surface area (TPSA) is 145 Å². The largest absolute Gasteiger partial charge is 0.412 e. The molecule has 0 unspecified atom stereocenters. The van der Waals surface area contributed by atoms with E-state index >= 15 is 0 Å². The van der Waals surface area contributed by atoms with E-state index in [2.05, 4.69) is 5.32 Å². The maximum absolute atomic E-state index is 11.7. The van der Waals surface area contributed by atoms with Crippen molar-refractivity contribution in [1.29, 1.82) is 0 Å². The van der Waals surface area contributed by atoms with Crippen LogP contribution in [0.15, 0.2) is 12.1 Å². The van der Waals surface area contributed by atoms with Crippen molar-refractivity contribution in [3.05, 3.63) is 37.4 Å². The Morgan fingerprint density at radius 1 is 1.30 bits per heavy atom. The van der Waals surface area contributed by atoms with E-state index in [0.29, 0.717) is 0 Å². The zero-order chi connectivity index (χ0) is 17.7. The Kier molecular flexibility index (Phi) is 6.22. The highest BCUT2D eigenvalue weighted by Crippen LogP contribution is 2.37. The summed E-state index contributed by atoms with van der Waals surface area (Å²) in [6.45, 7) is 3.16. The summed E-state index contributed by atoms with van der Waals surface area (Å²) in [6.07, 6.45) is -1.01. The quantitative estimate of drug-likeness (QED) is 0.592. The van der Waals surface area contributed by atoms with Gasteiger partial charge < -0.3 is 15.2 Å². The summed E-state index contributed by atoms with van der Waals surface area (Å²) in [4.78, 5) is 31.6. The third-order valence-electron chi connectivity index (χ3n) is 2.92. The minimum atomic E-state index is -1.01. The van der Waals surface area contributed by atoms with Crippen LogP contribution in [0.3, 0.4) is 0 Å². The van der Waals surface area contributed by atoms with Crippen LogP contribution in [-0.2, 0) is 0 Å². The van der Waals surface area contributed by atoms with Crippen LogP contribution in [0.1, 0.15) is 13.8 Å². The van der Waals surface area contributed by atoms with Gasteiger partial charge in [0.25, 0.3) is 11.4 Å². The standard InChI is InChI=1S/C12H14ClN3O7/c1-6(2)8(5-17)14-12(18)23-7-3-9(15(19)20)11(13)10(4-7)16(21)22/h3-4,6,8,17H,5H2,1-2H3,(H,14,18)/t8-/m0/s1. The lowest BCUT2D eigenvalue weighted by Gasteiger charge is -2.19. The van der Waals surface area contributed by atoms with E-state index in [-0.39, 0.29) is 12.5 Å². The number of hydrogen-bond donors (Lipinski definition) is 2. The first-order chi connectivity index (χ1) is 10.7. The van der Waals surface area contributed by atoms with Crippen molar-refractivity contribution in [3.8, 4) is 5.75 Å². The van der Waals surface area contributed by atoms with Crippen molar-refractivity contribution in [1.82, 2.24) is 5.32 Å². The molecule has 1 amide bonds. The first kappa shape index (κ1) is 18.6. The molecule has 10 nitrogen and oxygen atoms in total. The second-order valence-electron chi connectivity index (χ2n) is 4.86. The summed E-state index contributed by atoms with van der Waals surface area (Å²) in [5, 5.41) is 32.5. The molecule has 0 heterocycles. The van der Waals surface area contributed by atoms with Gasteiger partial charge in [-0.25, -0.2) is 4.79 Å². The van der Waals surface area contributed by atoms with Crippen LogP contribution in [0.2, 0.25) is 5.02 Å². The van der Waals surface area contributed by atoms with E-state index < -0.39 is 44.1 Å². The molecular weight excluding hydrogens is 334 g/mol. The summed E-state index contributed by atoms with van der Waals surface area (Å²) in [7, 11) is 0. The molecule has 0 aromatic heterocycles. The number of halogens is 1. The van der Waals surface area contributed by atoms with Crippen molar-refractivity contribution in [2.45, 2.75) is 19.9 Å². The third kappa shape index (κ3) is 4.76. The van der Waals surface area contributed by atoms with Gasteiger partial charge in [-0.3, -0.25) is 20.2 Å². The van der Waals surface area contributed by atoms with Gasteiger partial charge in [0.2, 0.25) is 0 Å². The molecule has 1 atom stereocenters. The lowest BCUT2D eigenvalue weighted by molar-refractivity contribution is -0.394. The van der Waals surface area contributed by atoms with E-state index in [1.54, 1.807) is 13.8 Å². The van der Waals surface area contributed by atoms with Gasteiger partial charge in [-0.15, -0.1) is 0 Å². The number of aliphatic hydroxyl groups excluding tert-OH is 1. The molecule has 1 rings (SSSR count). The Morgan fingerprint density at radius 2 is 1.78 bits per heavy atom. The summed E-state index contributed by atoms with van der Waals surface area (Å²) in [6, 6.07) is 1.01. The van der Waals surface area contributed by atoms with Gasteiger partial charge in [0.1, 0.15) is 5.75 Å². The molecule has 0 fully saturated rings. The van der Waals surface area contributed by atoms with Crippen LogP contribution in [0, 0.1) is 26.1 Å². The predicted octanol–water partition coefficient (Wildman–Crippen LogP) is 2.26. The van der Waals surface area contributed by atoms with Crippen molar-refractivity contribution < 1.29 is 24.5 Å². The number of ether oxygens (including phenoxy) is 1. The first-order valence-electron chi connectivity index (χ1n) is 6.38. The number of rotatable bonds is 6. The maximum atomic E-state index is 11.7. The summed E-state index contributed by atoms with van der Waals surface area (Å²) < 4.78 is 4.80. The SMILES string of the molecule is CC(C)[C@H](CO)NC(=O)Oc1cc([N+](=O)[O-])c(Cl)c([N+](=O)[O-])c1. The third-order valence-corrected chi connectivity index (χ3v) is 3.30. The van der Waals surface area contributed by atoms with Crippen molar-refractivity contribution >= 4 is 29.1 Å². The number of carbonyl (C=O) groups is 1. The lowest BCUT2D eigenvalue weighted by atomic mass is 10.1. The number of nitrogens with one attached hydrogen (secondary N) is 1. The van der Waals surface area contributed by atoms with Crippen LogP contribution in [0.4, 0.5) is 16.2 Å². The lowest BCUT2D eigenvalue weighted by Crippen LogP contribution is -2.42. The molecule has 1 aromatic carbocycles. The van der Waals surface area contributed by atoms with E-state index in [1.165, 1.54) is 0 Å². The molecule has 1 aromatic rings. The van der Waals surface area contributed by atoms with Crippen LogP contribution < -0.4 is 10.1 Å². The van der Waals surface area contributed by atoms with Crippen molar-refractivity contribution in [2.75, 3.05) is 6.61 Å². The molecule has 0 spiro atoms. The predicted molar refractivity (Wildman–Crippen MR) is 79.6 cm³/mol. The monoisotopic (exact) mass is 347 g/mol. The van der Waals surface area contributed by atoms with E-state index in [9.17, 15) is 25.0 Å². The smallest absolute Gasteiger partial charge is 0.410 e. The molecule has 0 saturated heterocycles. The molecule has 0 aliphatic heterocycles. The molecule has 0 saturated carbocycles. The van der Waals surface area contributed by atoms with Crippen LogP contribution in [0.25, 0.3) is 0 Å². The molecule has 0 aliphatic carbocycles. The summed E-state index contributed by atoms with van der Waals surface area (Å²) >= 11 is 5.58. The van der Waals surface area contributed by atoms with Crippen LogP contribution in [-0.4, -0.2) is 33.7 Å². The molecule has 0 radical (unpaired) electrons. The minimum Gasteiger partial charge on any atom is -0.410 e. The fraction of sp³-hybridized carbons (Fsp3) is 0.417. The zero-order valence-electron chi connectivity index (χ0n) is 12.2. The fourth-order valence-electron chi connectivity index (χ4n) is 1.60. The normalized spacial score (nSPS) is 11.9. The second-order valence-corrected chi connectivity index (χ2v) is 5.23. The highest BCUT2D eigenvalue weighted by atomic mass is 35.5. The molecule has 2 N–H and O–H groups in total. The van der Waals surface area contributed by atoms with Crippen LogP contribution >= 0.6 is 11.6 Å². The number of nitro benzene ring substituents is 2. The Balaban J connectivity index is 3.07. The number of amides is 1. The van der Waals surface area contributed by atoms with Gasteiger partial charge in [0, 0.05) is 0 Å². The highest BCUT2D eigenvalue weighted by Gasteiger charge is 2.27. The zero-order valence-corrected chi connectivity index (χ0v) is 12.9. The Bertz CT molecular complexity index is 600. The number of benzene rings is 1. The summed E-state index contributed by atoms with van der Waals surface area (Å²) in [5.74, 6) is -0.507. The molecular formula is C12H14ClN3O7. The Morgan fingerprint density at radius 3 is 2.13 bits per heavy atom. The van der Waals surface area contributed by atoms with Gasteiger partial charge in [-0.05, 0) is 5.92 Å². The van der Waals surface area contributed by atoms with E-state index in [0.717, 1.165) is 12.1 Å². The first-order valence-corrected chi connectivity index (χ1v) is 6.76. The Hall–Kier alpha value is -2.46. The Labute approximate surface area is 135 Å². The van der Waals surface area contributed by atoms with Crippen LogP contribution in [0.5, 0.6) is 5.75 Å². The average molecular weight is 348 g/mol. The van der Waals surface area contributed by atoms with E-state index in [1.807, 2.05) is 0 Å². The minimum absolute atomic E-state index is 0.0959. The number of hydrogen-bond acceptors (Lipinski definition) is 7. The fourth-order valence-corrected chi connectivity index (χ4v) is 1.85. The van der Waals surface area contributed by atoms with Gasteiger partial charge in [-0.2, -0.15) is 0 Å². The average Bonchev–Trinajstić information content (AvgIpc) is 2.45. The number of nitro groups is 2. The number of carbonyl (C=O) groups excluding carboxylic acids is 1. The van der Waals surface area contributed by atoms with Gasteiger partial charge >= 0.3 is 6.09 Å². The number of aliphatic hydroxyl groups is 1. The van der Waals surface area contributed by atoms with Crippen molar-refractivity contribution in [2.24, 2.45) is 5.92 Å². The second kappa shape index (κ2) is 7.70. The molecule has 126 valence electrons. The highest BCUT2D eigenvalue weighted by molar-refractivity contribution is 6.34. The van der Waals surface area contributed by atoms with Gasteiger partial charge in [-0.1, -0.05) is 25.4 Å². The van der Waals surface area contributed by atoms with Gasteiger partial charge in [0.05, 0.1) is 34.6 Å².